The first kappa shape index (κ1) is 14.4. The minimum Gasteiger partial charge on any atom is -0.394 e. The Balaban J connectivity index is 2.42. The number of fused-ring (bicyclic) bond motifs is 1. The number of hydrogen-bond acceptors (Lipinski definition) is 8. The van der Waals surface area contributed by atoms with Gasteiger partial charge in [0.25, 0.3) is 5.56 Å². The van der Waals surface area contributed by atoms with Crippen molar-refractivity contribution < 1.29 is 20.1 Å². The second-order valence-electron chi connectivity index (χ2n) is 4.04. The molecule has 1 atom stereocenters. The number of H-pyrrole nitrogens is 1. The zero-order valence-electron chi connectivity index (χ0n) is 10.4. The number of nitrogens with two attached hydrogens (primary N) is 1. The predicted molar refractivity (Wildman–Crippen MR) is 67.7 cm³/mol. The van der Waals surface area contributed by atoms with Crippen LogP contribution in [0.1, 0.15) is 6.23 Å². The second-order valence-corrected chi connectivity index (χ2v) is 4.04. The molecule has 20 heavy (non-hydrogen) atoms. The Kier molecular flexibility index (Phi) is 4.29. The lowest BCUT2D eigenvalue weighted by Crippen LogP contribution is -2.29. The van der Waals surface area contributed by atoms with Gasteiger partial charge in [-0.3, -0.25) is 14.3 Å². The number of aliphatic hydroxyl groups is 3. The molecule has 110 valence electrons. The molecule has 2 rings (SSSR count). The van der Waals surface area contributed by atoms with Crippen molar-refractivity contribution in [2.45, 2.75) is 12.3 Å². The molecule has 0 aromatic carbocycles. The van der Waals surface area contributed by atoms with Crippen LogP contribution in [0.25, 0.3) is 11.2 Å². The van der Waals surface area contributed by atoms with Gasteiger partial charge in [0.05, 0.1) is 26.1 Å². The molecule has 0 aliphatic carbocycles. The molecule has 0 saturated heterocycles. The minimum atomic E-state index is -0.960. The van der Waals surface area contributed by atoms with Gasteiger partial charge in [0.2, 0.25) is 5.95 Å². The molecule has 0 spiro atoms. The molecule has 0 aliphatic heterocycles. The average molecular weight is 285 g/mol. The van der Waals surface area contributed by atoms with Crippen LogP contribution in [0.4, 0.5) is 5.95 Å². The third-order valence-corrected chi connectivity index (χ3v) is 2.67. The van der Waals surface area contributed by atoms with Gasteiger partial charge in [0, 0.05) is 0 Å². The number of hydrogen-bond donors (Lipinski definition) is 5. The van der Waals surface area contributed by atoms with Crippen LogP contribution in [0.15, 0.2) is 11.1 Å². The lowest BCUT2D eigenvalue weighted by molar-refractivity contribution is -0.110. The third kappa shape index (κ3) is 2.63. The van der Waals surface area contributed by atoms with Crippen molar-refractivity contribution in [3.8, 4) is 0 Å². The van der Waals surface area contributed by atoms with E-state index in [4.69, 9.17) is 20.7 Å². The molecule has 10 nitrogen and oxygen atoms in total. The highest BCUT2D eigenvalue weighted by Crippen LogP contribution is 2.16. The highest BCUT2D eigenvalue weighted by atomic mass is 16.5. The summed E-state index contributed by atoms with van der Waals surface area (Å²) in [4.78, 5) is 21.7. The molecule has 0 bridgehead atoms. The van der Waals surface area contributed by atoms with Crippen LogP contribution in [0.2, 0.25) is 0 Å². The standard InChI is InChI=1S/C10H15N5O5/c11-10-13-8-7(9(19)14-10)12-4-15(8)6(3-18)20-5(1-16)2-17/h4-6,16-18H,1-3H2,(H3,11,13,14,19). The Bertz CT molecular complexity index is 634. The van der Waals surface area contributed by atoms with Gasteiger partial charge in [0.15, 0.2) is 17.4 Å². The maximum absolute atomic E-state index is 11.6. The first-order chi connectivity index (χ1) is 9.60. The van der Waals surface area contributed by atoms with Crippen molar-refractivity contribution in [2.75, 3.05) is 25.6 Å². The van der Waals surface area contributed by atoms with Crippen molar-refractivity contribution in [3.63, 3.8) is 0 Å². The molecule has 0 aliphatic rings. The number of aliphatic hydroxyl groups excluding tert-OH is 3. The van der Waals surface area contributed by atoms with Crippen LogP contribution in [0, 0.1) is 0 Å². The highest BCUT2D eigenvalue weighted by Gasteiger charge is 2.20. The fourth-order valence-corrected chi connectivity index (χ4v) is 1.72. The average Bonchev–Trinajstić information content (AvgIpc) is 2.84. The number of nitrogens with one attached hydrogen (secondary N) is 1. The van der Waals surface area contributed by atoms with Crippen LogP contribution in [0.5, 0.6) is 0 Å². The zero-order chi connectivity index (χ0) is 14.7. The van der Waals surface area contributed by atoms with Crippen LogP contribution >= 0.6 is 0 Å². The van der Waals surface area contributed by atoms with Crippen LogP contribution in [-0.2, 0) is 4.74 Å². The van der Waals surface area contributed by atoms with Crippen LogP contribution in [-0.4, -0.2) is 60.8 Å². The van der Waals surface area contributed by atoms with E-state index in [0.717, 1.165) is 0 Å². The molecule has 2 aromatic rings. The highest BCUT2D eigenvalue weighted by molar-refractivity contribution is 5.70. The summed E-state index contributed by atoms with van der Waals surface area (Å²) >= 11 is 0. The maximum Gasteiger partial charge on any atom is 0.280 e. The van der Waals surface area contributed by atoms with Crippen molar-refractivity contribution in [1.29, 1.82) is 0 Å². The molecule has 2 aromatic heterocycles. The molecule has 6 N–H and O–H groups in total. The third-order valence-electron chi connectivity index (χ3n) is 2.67. The van der Waals surface area contributed by atoms with E-state index in [1.165, 1.54) is 10.9 Å². The Morgan fingerprint density at radius 3 is 2.65 bits per heavy atom. The molecular formula is C10H15N5O5. The van der Waals surface area contributed by atoms with E-state index in [2.05, 4.69) is 15.0 Å². The summed E-state index contributed by atoms with van der Waals surface area (Å²) < 4.78 is 6.62. The monoisotopic (exact) mass is 285 g/mol. The molecular weight excluding hydrogens is 270 g/mol. The van der Waals surface area contributed by atoms with Crippen molar-refractivity contribution in [3.05, 3.63) is 16.7 Å². The number of anilines is 1. The second kappa shape index (κ2) is 5.96. The van der Waals surface area contributed by atoms with Gasteiger partial charge in [-0.05, 0) is 0 Å². The summed E-state index contributed by atoms with van der Waals surface area (Å²) in [6.45, 7) is -1.30. The van der Waals surface area contributed by atoms with Gasteiger partial charge >= 0.3 is 0 Å². The number of aromatic nitrogens is 4. The molecule has 0 radical (unpaired) electrons. The van der Waals surface area contributed by atoms with Crippen molar-refractivity contribution in [1.82, 2.24) is 19.5 Å². The van der Waals surface area contributed by atoms with Crippen LogP contribution in [0.3, 0.4) is 0 Å². The summed E-state index contributed by atoms with van der Waals surface area (Å²) in [6, 6.07) is 0. The number of imidazole rings is 1. The number of nitrogens with zero attached hydrogens (tertiary/aromatic N) is 3. The first-order valence-corrected chi connectivity index (χ1v) is 5.81. The summed E-state index contributed by atoms with van der Waals surface area (Å²) in [5.41, 5.74) is 5.13. The van der Waals surface area contributed by atoms with Gasteiger partial charge < -0.3 is 25.8 Å². The Hall–Kier alpha value is -2.01. The Labute approximate surface area is 112 Å². The fraction of sp³-hybridized carbons (Fsp3) is 0.500. The largest absolute Gasteiger partial charge is 0.394 e. The number of aromatic amines is 1. The van der Waals surface area contributed by atoms with Crippen LogP contribution < -0.4 is 11.3 Å². The van der Waals surface area contributed by atoms with E-state index in [0.29, 0.717) is 0 Å². The fourth-order valence-electron chi connectivity index (χ4n) is 1.72. The van der Waals surface area contributed by atoms with Gasteiger partial charge in [-0.1, -0.05) is 0 Å². The molecule has 0 amide bonds. The Morgan fingerprint density at radius 1 is 1.35 bits per heavy atom. The lowest BCUT2D eigenvalue weighted by Gasteiger charge is -2.21. The number of ether oxygens (including phenoxy) is 1. The summed E-state index contributed by atoms with van der Waals surface area (Å²) in [5, 5.41) is 27.3. The van der Waals surface area contributed by atoms with Gasteiger partial charge in [-0.15, -0.1) is 0 Å². The SMILES string of the molecule is Nc1nc2c(ncn2C(CO)OC(CO)CO)c(=O)[nH]1. The predicted octanol–water partition coefficient (Wildman–Crippen LogP) is -2.44. The smallest absolute Gasteiger partial charge is 0.280 e. The Morgan fingerprint density at radius 2 is 2.05 bits per heavy atom. The lowest BCUT2D eigenvalue weighted by atomic mass is 10.4. The van der Waals surface area contributed by atoms with Gasteiger partial charge in [-0.25, -0.2) is 4.98 Å². The van der Waals surface area contributed by atoms with E-state index >= 15 is 0 Å². The quantitative estimate of drug-likeness (QED) is 0.391. The van der Waals surface area contributed by atoms with Gasteiger partial charge in [0.1, 0.15) is 6.10 Å². The topological polar surface area (TPSA) is 160 Å². The maximum atomic E-state index is 11.6. The zero-order valence-corrected chi connectivity index (χ0v) is 10.4. The molecule has 10 heteroatoms. The first-order valence-electron chi connectivity index (χ1n) is 5.81. The summed E-state index contributed by atoms with van der Waals surface area (Å²) in [5.74, 6) is -0.0955. The normalized spacial score (nSPS) is 13.2. The van der Waals surface area contributed by atoms with Crippen molar-refractivity contribution in [2.24, 2.45) is 0 Å². The molecule has 2 heterocycles. The molecule has 0 saturated carbocycles. The van der Waals surface area contributed by atoms with Crippen molar-refractivity contribution >= 4 is 17.1 Å². The number of rotatable bonds is 6. The molecule has 1 unspecified atom stereocenters. The van der Waals surface area contributed by atoms with E-state index in [1.807, 2.05) is 0 Å². The summed E-state index contributed by atoms with van der Waals surface area (Å²) in [7, 11) is 0. The number of nitrogen functional groups attached to an aromatic ring is 1. The summed E-state index contributed by atoms with van der Waals surface area (Å²) in [6.07, 6.45) is -0.569. The van der Waals surface area contributed by atoms with E-state index in [9.17, 15) is 9.90 Å². The molecule has 0 fully saturated rings. The van der Waals surface area contributed by atoms with E-state index < -0.39 is 37.7 Å². The minimum absolute atomic E-state index is 0.0470. The van der Waals surface area contributed by atoms with E-state index in [1.54, 1.807) is 0 Å². The van der Waals surface area contributed by atoms with E-state index in [-0.39, 0.29) is 17.1 Å². The van der Waals surface area contributed by atoms with Gasteiger partial charge in [-0.2, -0.15) is 4.98 Å².